The van der Waals surface area contributed by atoms with Crippen molar-refractivity contribution in [2.24, 2.45) is 0 Å². The van der Waals surface area contributed by atoms with Crippen molar-refractivity contribution in [3.63, 3.8) is 0 Å². The zero-order valence-corrected chi connectivity index (χ0v) is 21.5. The van der Waals surface area contributed by atoms with Gasteiger partial charge in [-0.05, 0) is 6.42 Å². The highest BCUT2D eigenvalue weighted by Gasteiger charge is 2.40. The molecule has 34 heavy (non-hydrogen) atoms. The van der Waals surface area contributed by atoms with E-state index in [1.165, 1.54) is 102 Å². The van der Waals surface area contributed by atoms with E-state index in [-0.39, 0.29) is 35.0 Å². The number of ether oxygens (including phenoxy) is 1. The molecule has 1 heterocycles. The molecule has 0 saturated heterocycles. The van der Waals surface area contributed by atoms with Crippen molar-refractivity contribution in [3.8, 4) is 17.2 Å². The number of phenolic OH excluding ortho intramolecular Hbond substituents is 2. The van der Waals surface area contributed by atoms with Crippen LogP contribution in [0.5, 0.6) is 17.2 Å². The summed E-state index contributed by atoms with van der Waals surface area (Å²) in [6, 6.07) is 2.38. The summed E-state index contributed by atoms with van der Waals surface area (Å²) in [6.45, 7) is 2.27. The summed E-state index contributed by atoms with van der Waals surface area (Å²) in [6.07, 6.45) is 23.6. The highest BCUT2D eigenvalue weighted by molar-refractivity contribution is 6.02. The molecule has 0 bridgehead atoms. The third-order valence-electron chi connectivity index (χ3n) is 7.00. The number of carbonyl (C=O) groups is 1. The topological polar surface area (TPSA) is 87.0 Å². The molecule has 0 aromatic heterocycles. The molecule has 0 fully saturated rings. The van der Waals surface area contributed by atoms with Gasteiger partial charge >= 0.3 is 0 Å². The summed E-state index contributed by atoms with van der Waals surface area (Å²) in [5, 5.41) is 30.2. The average molecular weight is 477 g/mol. The van der Waals surface area contributed by atoms with Gasteiger partial charge in [0.25, 0.3) is 0 Å². The summed E-state index contributed by atoms with van der Waals surface area (Å²) in [5.41, 5.74) is 0.0419. The van der Waals surface area contributed by atoms with Crippen LogP contribution in [0.1, 0.15) is 146 Å². The summed E-state index contributed by atoms with van der Waals surface area (Å²) >= 11 is 0. The molecule has 5 nitrogen and oxygen atoms in total. The van der Waals surface area contributed by atoms with Crippen molar-refractivity contribution < 1.29 is 24.9 Å². The van der Waals surface area contributed by atoms with Gasteiger partial charge in [0.05, 0.1) is 6.42 Å². The zero-order valence-electron chi connectivity index (χ0n) is 21.5. The molecule has 3 N–H and O–H groups in total. The van der Waals surface area contributed by atoms with Crippen molar-refractivity contribution in [1.82, 2.24) is 0 Å². The number of fused-ring (bicyclic) bond motifs is 1. The fourth-order valence-corrected chi connectivity index (χ4v) is 4.97. The number of carbonyl (C=O) groups excluding carboxylic acids is 1. The molecule has 1 aromatic carbocycles. The monoisotopic (exact) mass is 476 g/mol. The van der Waals surface area contributed by atoms with Gasteiger partial charge in [-0.25, -0.2) is 0 Å². The van der Waals surface area contributed by atoms with Gasteiger partial charge in [0.15, 0.2) is 5.78 Å². The first-order valence-electron chi connectivity index (χ1n) is 14.0. The van der Waals surface area contributed by atoms with E-state index in [1.54, 1.807) is 0 Å². The molecule has 0 radical (unpaired) electrons. The van der Waals surface area contributed by atoms with Gasteiger partial charge in [0, 0.05) is 18.6 Å². The number of phenols is 2. The van der Waals surface area contributed by atoms with Crippen LogP contribution in [0.3, 0.4) is 0 Å². The second-order valence-corrected chi connectivity index (χ2v) is 10.2. The van der Waals surface area contributed by atoms with E-state index in [0.717, 1.165) is 25.3 Å². The molecule has 1 aromatic rings. The molecule has 0 spiro atoms. The van der Waals surface area contributed by atoms with Crippen LogP contribution in [0.4, 0.5) is 0 Å². The maximum atomic E-state index is 12.3. The fourth-order valence-electron chi connectivity index (χ4n) is 4.97. The number of rotatable bonds is 19. The van der Waals surface area contributed by atoms with Crippen LogP contribution in [0.2, 0.25) is 0 Å². The maximum absolute atomic E-state index is 12.3. The summed E-state index contributed by atoms with van der Waals surface area (Å²) in [5.74, 6) is -2.36. The minimum absolute atomic E-state index is 0.0419. The molecular weight excluding hydrogens is 428 g/mol. The fraction of sp³-hybridized carbons (Fsp3) is 0.759. The van der Waals surface area contributed by atoms with Gasteiger partial charge < -0.3 is 20.1 Å². The van der Waals surface area contributed by atoms with Crippen LogP contribution in [0.25, 0.3) is 0 Å². The zero-order chi connectivity index (χ0) is 24.7. The molecule has 0 aliphatic carbocycles. The van der Waals surface area contributed by atoms with Crippen molar-refractivity contribution >= 4 is 5.78 Å². The minimum Gasteiger partial charge on any atom is -0.508 e. The van der Waals surface area contributed by atoms with E-state index in [2.05, 4.69) is 6.92 Å². The number of Topliss-reactive ketones (excluding diaryl/α,β-unsaturated/α-hetero) is 1. The highest BCUT2D eigenvalue weighted by atomic mass is 16.6. The van der Waals surface area contributed by atoms with E-state index in [4.69, 9.17) is 4.74 Å². The molecule has 1 unspecified atom stereocenters. The Bertz CT molecular complexity index is 717. The second kappa shape index (κ2) is 16.0. The average Bonchev–Trinajstić information content (AvgIpc) is 2.77. The van der Waals surface area contributed by atoms with E-state index < -0.39 is 5.79 Å². The SMILES string of the molecule is CCCCCCCCCCCCCCCCCCCCC1(O)CC(=O)c2c(O)cc(O)cc2O1. The predicted octanol–water partition coefficient (Wildman–Crippen LogP) is 8.18. The third-order valence-corrected chi connectivity index (χ3v) is 7.00. The van der Waals surface area contributed by atoms with Gasteiger partial charge in [-0.15, -0.1) is 0 Å². The number of aliphatic hydroxyl groups is 1. The maximum Gasteiger partial charge on any atom is 0.215 e. The van der Waals surface area contributed by atoms with Crippen LogP contribution in [0, 0.1) is 0 Å². The largest absolute Gasteiger partial charge is 0.508 e. The Morgan fingerprint density at radius 2 is 1.18 bits per heavy atom. The third kappa shape index (κ3) is 10.7. The van der Waals surface area contributed by atoms with Crippen LogP contribution in [0.15, 0.2) is 12.1 Å². The lowest BCUT2D eigenvalue weighted by molar-refractivity contribution is -0.145. The Labute approximate surface area is 206 Å². The first kappa shape index (κ1) is 28.5. The number of benzene rings is 1. The lowest BCUT2D eigenvalue weighted by Crippen LogP contribution is -2.41. The van der Waals surface area contributed by atoms with Crippen molar-refractivity contribution in [3.05, 3.63) is 17.7 Å². The Morgan fingerprint density at radius 3 is 1.65 bits per heavy atom. The second-order valence-electron chi connectivity index (χ2n) is 10.2. The molecule has 1 aliphatic heterocycles. The summed E-state index contributed by atoms with van der Waals surface area (Å²) in [7, 11) is 0. The van der Waals surface area contributed by atoms with Crippen LogP contribution >= 0.6 is 0 Å². The minimum atomic E-state index is -1.56. The van der Waals surface area contributed by atoms with Gasteiger partial charge in [-0.3, -0.25) is 4.79 Å². The van der Waals surface area contributed by atoms with Crippen molar-refractivity contribution in [2.75, 3.05) is 0 Å². The standard InChI is InChI=1S/C29H48O5/c1-2-3-4-5-6-7-8-9-10-11-12-13-14-15-16-17-18-19-20-29(33)23-26(32)28-25(31)21-24(30)22-27(28)34-29/h21-22,30-31,33H,2-20,23H2,1H3. The summed E-state index contributed by atoms with van der Waals surface area (Å²) < 4.78 is 5.60. The number of hydrogen-bond acceptors (Lipinski definition) is 5. The van der Waals surface area contributed by atoms with Gasteiger partial charge in [-0.2, -0.15) is 0 Å². The highest BCUT2D eigenvalue weighted by Crippen LogP contribution is 2.41. The van der Waals surface area contributed by atoms with E-state index >= 15 is 0 Å². The lowest BCUT2D eigenvalue weighted by Gasteiger charge is -2.33. The smallest absolute Gasteiger partial charge is 0.215 e. The van der Waals surface area contributed by atoms with Crippen molar-refractivity contribution in [1.29, 1.82) is 0 Å². The van der Waals surface area contributed by atoms with Gasteiger partial charge in [0.1, 0.15) is 22.8 Å². The number of hydrogen-bond donors (Lipinski definition) is 3. The molecule has 194 valence electrons. The molecular formula is C29H48O5. The number of ketones is 1. The molecule has 1 aliphatic rings. The Hall–Kier alpha value is -1.75. The Kier molecular flexibility index (Phi) is 13.4. The quantitative estimate of drug-likeness (QED) is 0.175. The molecule has 5 heteroatoms. The number of unbranched alkanes of at least 4 members (excludes halogenated alkanes) is 17. The summed E-state index contributed by atoms with van der Waals surface area (Å²) in [4.78, 5) is 12.3. The van der Waals surface area contributed by atoms with Gasteiger partial charge in [0.2, 0.25) is 5.79 Å². The Balaban J connectivity index is 1.42. The van der Waals surface area contributed by atoms with E-state index in [1.807, 2.05) is 0 Å². The lowest BCUT2D eigenvalue weighted by atomic mass is 9.93. The predicted molar refractivity (Wildman–Crippen MR) is 138 cm³/mol. The van der Waals surface area contributed by atoms with Crippen LogP contribution in [-0.4, -0.2) is 26.9 Å². The first-order valence-corrected chi connectivity index (χ1v) is 14.0. The molecule has 2 rings (SSSR count). The Morgan fingerprint density at radius 1 is 0.735 bits per heavy atom. The van der Waals surface area contributed by atoms with Crippen LogP contribution in [-0.2, 0) is 0 Å². The van der Waals surface area contributed by atoms with E-state index in [9.17, 15) is 20.1 Å². The molecule has 1 atom stereocenters. The normalized spacial score (nSPS) is 17.5. The van der Waals surface area contributed by atoms with Crippen LogP contribution < -0.4 is 4.74 Å². The van der Waals surface area contributed by atoms with E-state index in [0.29, 0.717) is 6.42 Å². The van der Waals surface area contributed by atoms with Crippen molar-refractivity contribution in [2.45, 2.75) is 141 Å². The number of aromatic hydroxyl groups is 2. The molecule has 0 amide bonds. The first-order chi connectivity index (χ1) is 16.4. The van der Waals surface area contributed by atoms with Gasteiger partial charge in [-0.1, -0.05) is 116 Å². The molecule has 0 saturated carbocycles.